The SMILES string of the molecule is CC1=C(c2ccc(F)cc2)C(c2ccc(OC[C@H](C)N3CCOCC3)cc2)Oc2ccc(O)cc21. The summed E-state index contributed by atoms with van der Waals surface area (Å²) in [6.07, 6.45) is -0.376. The highest BCUT2D eigenvalue weighted by Crippen LogP contribution is 2.47. The number of hydrogen-bond donors (Lipinski definition) is 1. The van der Waals surface area contributed by atoms with Gasteiger partial charge in [0, 0.05) is 30.3 Å². The first kappa shape index (κ1) is 23.4. The van der Waals surface area contributed by atoms with Gasteiger partial charge in [-0.1, -0.05) is 24.3 Å². The molecule has 0 spiro atoms. The van der Waals surface area contributed by atoms with E-state index in [1.165, 1.54) is 12.1 Å². The smallest absolute Gasteiger partial charge is 0.150 e. The summed E-state index contributed by atoms with van der Waals surface area (Å²) in [5.41, 5.74) is 4.60. The number of ether oxygens (including phenoxy) is 3. The lowest BCUT2D eigenvalue weighted by Gasteiger charge is -2.32. The summed E-state index contributed by atoms with van der Waals surface area (Å²) in [6, 6.07) is 19.8. The molecule has 0 amide bonds. The summed E-state index contributed by atoms with van der Waals surface area (Å²) in [5.74, 6) is 1.40. The Labute approximate surface area is 205 Å². The molecule has 3 aromatic rings. The van der Waals surface area contributed by atoms with Crippen LogP contribution in [0.3, 0.4) is 0 Å². The van der Waals surface area contributed by atoms with Crippen LogP contribution >= 0.6 is 0 Å². The van der Waals surface area contributed by atoms with Crippen LogP contribution in [0.4, 0.5) is 4.39 Å². The predicted octanol–water partition coefficient (Wildman–Crippen LogP) is 5.70. The van der Waals surface area contributed by atoms with Crippen molar-refractivity contribution in [3.05, 3.63) is 89.2 Å². The van der Waals surface area contributed by atoms with Crippen molar-refractivity contribution in [2.75, 3.05) is 32.9 Å². The van der Waals surface area contributed by atoms with Gasteiger partial charge in [-0.05, 0) is 73.0 Å². The lowest BCUT2D eigenvalue weighted by Crippen LogP contribution is -2.44. The molecule has 2 atom stereocenters. The molecule has 0 aromatic heterocycles. The fourth-order valence-corrected chi connectivity index (χ4v) is 4.75. The zero-order chi connectivity index (χ0) is 24.4. The topological polar surface area (TPSA) is 51.2 Å². The van der Waals surface area contributed by atoms with Gasteiger partial charge in [-0.25, -0.2) is 4.39 Å². The molecule has 1 N–H and O–H groups in total. The molecule has 2 heterocycles. The lowest BCUT2D eigenvalue weighted by molar-refractivity contribution is 0.0105. The normalized spacial score (nSPS) is 19.1. The number of fused-ring (bicyclic) bond motifs is 1. The Bertz CT molecular complexity index is 1200. The molecule has 0 saturated carbocycles. The quantitative estimate of drug-likeness (QED) is 0.496. The van der Waals surface area contributed by atoms with E-state index in [4.69, 9.17) is 14.2 Å². The van der Waals surface area contributed by atoms with Gasteiger partial charge in [0.05, 0.1) is 13.2 Å². The van der Waals surface area contributed by atoms with Gasteiger partial charge in [-0.2, -0.15) is 0 Å². The fraction of sp³-hybridized carbons (Fsp3) is 0.310. The van der Waals surface area contributed by atoms with Crippen LogP contribution in [0.15, 0.2) is 66.7 Å². The van der Waals surface area contributed by atoms with Gasteiger partial charge in [0.15, 0.2) is 0 Å². The Kier molecular flexibility index (Phi) is 6.75. The fourth-order valence-electron chi connectivity index (χ4n) is 4.75. The zero-order valence-electron chi connectivity index (χ0n) is 20.0. The lowest BCUT2D eigenvalue weighted by atomic mass is 9.86. The highest BCUT2D eigenvalue weighted by Gasteiger charge is 2.29. The minimum atomic E-state index is -0.376. The van der Waals surface area contributed by atoms with E-state index in [1.54, 1.807) is 30.3 Å². The number of aromatic hydroxyl groups is 1. The molecule has 1 fully saturated rings. The Morgan fingerprint density at radius 1 is 1.03 bits per heavy atom. The number of nitrogens with zero attached hydrogens (tertiary/aromatic N) is 1. The first-order valence-corrected chi connectivity index (χ1v) is 12.0. The van der Waals surface area contributed by atoms with Crippen LogP contribution < -0.4 is 9.47 Å². The van der Waals surface area contributed by atoms with Crippen LogP contribution in [0.5, 0.6) is 17.2 Å². The molecule has 1 unspecified atom stereocenters. The summed E-state index contributed by atoms with van der Waals surface area (Å²) in [7, 11) is 0. The third-order valence-corrected chi connectivity index (χ3v) is 6.78. The van der Waals surface area contributed by atoms with Gasteiger partial charge in [0.2, 0.25) is 0 Å². The molecule has 2 aliphatic rings. The first-order chi connectivity index (χ1) is 17.0. The molecule has 5 rings (SSSR count). The molecule has 0 radical (unpaired) electrons. The Balaban J connectivity index is 1.40. The molecular formula is C29H30FNO4. The van der Waals surface area contributed by atoms with Crippen molar-refractivity contribution in [3.63, 3.8) is 0 Å². The molecular weight excluding hydrogens is 445 g/mol. The average Bonchev–Trinajstić information content (AvgIpc) is 2.89. The van der Waals surface area contributed by atoms with E-state index in [9.17, 15) is 9.50 Å². The van der Waals surface area contributed by atoms with Crippen molar-refractivity contribution in [2.45, 2.75) is 26.0 Å². The van der Waals surface area contributed by atoms with Crippen LogP contribution in [0.2, 0.25) is 0 Å². The second-order valence-electron chi connectivity index (χ2n) is 9.10. The van der Waals surface area contributed by atoms with Gasteiger partial charge in [-0.15, -0.1) is 0 Å². The number of hydrogen-bond acceptors (Lipinski definition) is 5. The molecule has 2 aliphatic heterocycles. The van der Waals surface area contributed by atoms with Crippen LogP contribution in [0, 0.1) is 5.82 Å². The van der Waals surface area contributed by atoms with Gasteiger partial charge in [-0.3, -0.25) is 4.90 Å². The zero-order valence-corrected chi connectivity index (χ0v) is 20.0. The minimum Gasteiger partial charge on any atom is -0.508 e. The van der Waals surface area contributed by atoms with E-state index in [0.29, 0.717) is 18.4 Å². The standard InChI is InChI=1S/C29H30FNO4/c1-19(31-13-15-33-16-14-31)18-34-25-10-5-22(6-11-25)29-28(21-3-7-23(30)8-4-21)20(2)26-17-24(32)9-12-27(26)35-29/h3-12,17,19,29,32H,13-16,18H2,1-2H3/t19-,29?/m0/s1. The molecule has 6 heteroatoms. The summed E-state index contributed by atoms with van der Waals surface area (Å²) in [4.78, 5) is 2.38. The molecule has 5 nitrogen and oxygen atoms in total. The number of halogens is 1. The van der Waals surface area contributed by atoms with Crippen molar-refractivity contribution >= 4 is 11.1 Å². The summed E-state index contributed by atoms with van der Waals surface area (Å²) in [5, 5.41) is 10.0. The summed E-state index contributed by atoms with van der Waals surface area (Å²) < 4.78 is 31.6. The maximum atomic E-state index is 13.7. The number of rotatable bonds is 6. The predicted molar refractivity (Wildman–Crippen MR) is 134 cm³/mol. The van der Waals surface area contributed by atoms with E-state index in [-0.39, 0.29) is 17.7 Å². The Morgan fingerprint density at radius 3 is 2.46 bits per heavy atom. The first-order valence-electron chi connectivity index (χ1n) is 12.0. The summed E-state index contributed by atoms with van der Waals surface area (Å²) >= 11 is 0. The van der Waals surface area contributed by atoms with Crippen molar-refractivity contribution in [1.29, 1.82) is 0 Å². The van der Waals surface area contributed by atoms with E-state index in [1.807, 2.05) is 31.2 Å². The number of morpholine rings is 1. The number of benzene rings is 3. The second-order valence-corrected chi connectivity index (χ2v) is 9.10. The summed E-state index contributed by atoms with van der Waals surface area (Å²) in [6.45, 7) is 8.19. The van der Waals surface area contributed by atoms with Crippen LogP contribution in [0.1, 0.15) is 36.6 Å². The third-order valence-electron chi connectivity index (χ3n) is 6.78. The Morgan fingerprint density at radius 2 is 1.74 bits per heavy atom. The molecule has 182 valence electrons. The van der Waals surface area contributed by atoms with Crippen molar-refractivity contribution in [1.82, 2.24) is 4.90 Å². The molecule has 1 saturated heterocycles. The van der Waals surface area contributed by atoms with Gasteiger partial charge >= 0.3 is 0 Å². The van der Waals surface area contributed by atoms with Crippen molar-refractivity contribution in [2.24, 2.45) is 0 Å². The van der Waals surface area contributed by atoms with Crippen LogP contribution in [-0.4, -0.2) is 49.0 Å². The maximum absolute atomic E-state index is 13.7. The second kappa shape index (κ2) is 10.1. The average molecular weight is 476 g/mol. The van der Waals surface area contributed by atoms with Crippen LogP contribution in [-0.2, 0) is 4.74 Å². The van der Waals surface area contributed by atoms with Gasteiger partial charge < -0.3 is 19.3 Å². The van der Waals surface area contributed by atoms with Gasteiger partial charge in [0.1, 0.15) is 35.8 Å². The van der Waals surface area contributed by atoms with E-state index >= 15 is 0 Å². The van der Waals surface area contributed by atoms with E-state index in [0.717, 1.165) is 59.9 Å². The highest BCUT2D eigenvalue weighted by molar-refractivity contribution is 5.95. The third kappa shape index (κ3) is 5.04. The van der Waals surface area contributed by atoms with Crippen molar-refractivity contribution in [3.8, 4) is 17.2 Å². The number of phenolic OH excluding ortho intramolecular Hbond substituents is 1. The molecule has 0 aliphatic carbocycles. The van der Waals surface area contributed by atoms with E-state index in [2.05, 4.69) is 11.8 Å². The molecule has 3 aromatic carbocycles. The monoisotopic (exact) mass is 475 g/mol. The van der Waals surface area contributed by atoms with Gasteiger partial charge in [0.25, 0.3) is 0 Å². The molecule has 35 heavy (non-hydrogen) atoms. The largest absolute Gasteiger partial charge is 0.508 e. The van der Waals surface area contributed by atoms with Crippen LogP contribution in [0.25, 0.3) is 11.1 Å². The molecule has 0 bridgehead atoms. The highest BCUT2D eigenvalue weighted by atomic mass is 19.1. The maximum Gasteiger partial charge on any atom is 0.150 e. The van der Waals surface area contributed by atoms with Crippen molar-refractivity contribution < 1.29 is 23.7 Å². The minimum absolute atomic E-state index is 0.177. The Hall–Kier alpha value is -3.35. The number of allylic oxidation sites excluding steroid dienone is 1. The number of phenols is 1. The van der Waals surface area contributed by atoms with E-state index < -0.39 is 0 Å².